The number of hydrogen-bond donors (Lipinski definition) is 1. The van der Waals surface area contributed by atoms with Crippen LogP contribution < -0.4 is 5.32 Å². The molecule has 0 aromatic heterocycles. The first-order valence-electron chi connectivity index (χ1n) is 8.18. The van der Waals surface area contributed by atoms with Gasteiger partial charge in [-0.05, 0) is 35.4 Å². The van der Waals surface area contributed by atoms with Gasteiger partial charge in [-0.3, -0.25) is 4.79 Å². The molecule has 4 heteroatoms. The number of para-hydroxylation sites is 1. The molecule has 1 aliphatic heterocycles. The third kappa shape index (κ3) is 3.11. The number of carbonyl (C=O) groups excluding carboxylic acids is 1. The number of amides is 1. The van der Waals surface area contributed by atoms with E-state index in [1.54, 1.807) is 0 Å². The monoisotopic (exact) mass is 348 g/mol. The third-order valence-electron chi connectivity index (χ3n) is 4.40. The third-order valence-corrected chi connectivity index (χ3v) is 4.66. The van der Waals surface area contributed by atoms with E-state index in [0.717, 1.165) is 16.8 Å². The molecule has 1 heterocycles. The molecule has 0 radical (unpaired) electrons. The second-order valence-electron chi connectivity index (χ2n) is 6.06. The Morgan fingerprint density at radius 1 is 0.880 bits per heavy atom. The maximum atomic E-state index is 13.1. The van der Waals surface area contributed by atoms with Gasteiger partial charge in [0.25, 0.3) is 5.91 Å². The molecule has 0 saturated carbocycles. The lowest BCUT2D eigenvalue weighted by Crippen LogP contribution is -2.42. The van der Waals surface area contributed by atoms with Gasteiger partial charge in [0.1, 0.15) is 6.17 Å². The summed E-state index contributed by atoms with van der Waals surface area (Å²) in [6.45, 7) is 0.511. The van der Waals surface area contributed by atoms with Gasteiger partial charge in [0, 0.05) is 17.3 Å². The van der Waals surface area contributed by atoms with E-state index in [2.05, 4.69) is 5.32 Å². The molecule has 3 nitrogen and oxygen atoms in total. The topological polar surface area (TPSA) is 32.3 Å². The van der Waals surface area contributed by atoms with Crippen molar-refractivity contribution in [2.24, 2.45) is 0 Å². The van der Waals surface area contributed by atoms with Crippen LogP contribution in [0.5, 0.6) is 0 Å². The van der Waals surface area contributed by atoms with Crippen LogP contribution in [0.2, 0.25) is 5.02 Å². The SMILES string of the molecule is O=C1c2ccccc2N[C@@H](c2ccccc2)N1Cc1ccc(Cl)cc1. The van der Waals surface area contributed by atoms with E-state index in [0.29, 0.717) is 17.1 Å². The Bertz CT molecular complexity index is 893. The largest absolute Gasteiger partial charge is 0.361 e. The van der Waals surface area contributed by atoms with Crippen LogP contribution in [0.4, 0.5) is 5.69 Å². The number of carbonyl (C=O) groups is 1. The normalized spacial score (nSPS) is 16.3. The standard InChI is InChI=1S/C21H17ClN2O/c22-17-12-10-15(11-13-17)14-24-20(16-6-2-1-3-7-16)23-19-9-5-4-8-18(19)21(24)25/h1-13,20,23H,14H2/t20-/m1/s1. The molecule has 1 N–H and O–H groups in total. The fourth-order valence-corrected chi connectivity index (χ4v) is 3.27. The van der Waals surface area contributed by atoms with Gasteiger partial charge >= 0.3 is 0 Å². The number of rotatable bonds is 3. The van der Waals surface area contributed by atoms with Crippen molar-refractivity contribution < 1.29 is 4.79 Å². The van der Waals surface area contributed by atoms with E-state index in [-0.39, 0.29) is 12.1 Å². The van der Waals surface area contributed by atoms with Gasteiger partial charge < -0.3 is 10.2 Å². The van der Waals surface area contributed by atoms with Gasteiger partial charge in [-0.1, -0.05) is 66.2 Å². The maximum absolute atomic E-state index is 13.1. The Morgan fingerprint density at radius 3 is 2.32 bits per heavy atom. The maximum Gasteiger partial charge on any atom is 0.258 e. The second kappa shape index (κ2) is 6.61. The number of halogens is 1. The minimum atomic E-state index is -0.209. The summed E-state index contributed by atoms with van der Waals surface area (Å²) >= 11 is 5.98. The molecule has 1 amide bonds. The Balaban J connectivity index is 1.74. The highest BCUT2D eigenvalue weighted by atomic mass is 35.5. The van der Waals surface area contributed by atoms with Gasteiger partial charge in [0.2, 0.25) is 0 Å². The molecule has 0 aliphatic carbocycles. The summed E-state index contributed by atoms with van der Waals surface area (Å²) in [5, 5.41) is 4.20. The van der Waals surface area contributed by atoms with Crippen LogP contribution in [-0.2, 0) is 6.54 Å². The second-order valence-corrected chi connectivity index (χ2v) is 6.50. The molecule has 1 aliphatic rings. The van der Waals surface area contributed by atoms with Crippen molar-refractivity contribution in [1.29, 1.82) is 0 Å². The van der Waals surface area contributed by atoms with E-state index >= 15 is 0 Å². The van der Waals surface area contributed by atoms with Crippen LogP contribution >= 0.6 is 11.6 Å². The first-order chi connectivity index (χ1) is 12.2. The Hall–Kier alpha value is -2.78. The summed E-state index contributed by atoms with van der Waals surface area (Å²) in [6, 6.07) is 25.3. The summed E-state index contributed by atoms with van der Waals surface area (Å²) < 4.78 is 0. The van der Waals surface area contributed by atoms with E-state index in [1.807, 2.05) is 83.8 Å². The fraction of sp³-hybridized carbons (Fsp3) is 0.0952. The molecular weight excluding hydrogens is 332 g/mol. The average Bonchev–Trinajstić information content (AvgIpc) is 2.66. The number of nitrogens with one attached hydrogen (secondary N) is 1. The lowest BCUT2D eigenvalue weighted by atomic mass is 10.0. The van der Waals surface area contributed by atoms with Gasteiger partial charge in [0.15, 0.2) is 0 Å². The molecule has 124 valence electrons. The van der Waals surface area contributed by atoms with E-state index in [4.69, 9.17) is 11.6 Å². The highest BCUT2D eigenvalue weighted by Gasteiger charge is 2.32. The lowest BCUT2D eigenvalue weighted by Gasteiger charge is -2.38. The van der Waals surface area contributed by atoms with Crippen LogP contribution in [0.3, 0.4) is 0 Å². The number of nitrogens with zero attached hydrogens (tertiary/aromatic N) is 1. The van der Waals surface area contributed by atoms with Gasteiger partial charge in [0.05, 0.1) is 5.56 Å². The first kappa shape index (κ1) is 15.7. The summed E-state index contributed by atoms with van der Waals surface area (Å²) in [6.07, 6.45) is -0.209. The van der Waals surface area contributed by atoms with Crippen molar-refractivity contribution in [1.82, 2.24) is 4.90 Å². The van der Waals surface area contributed by atoms with Gasteiger partial charge in [-0.25, -0.2) is 0 Å². The van der Waals surface area contributed by atoms with Gasteiger partial charge in [-0.2, -0.15) is 0 Å². The molecule has 0 spiro atoms. The van der Waals surface area contributed by atoms with Crippen molar-refractivity contribution in [3.63, 3.8) is 0 Å². The number of hydrogen-bond acceptors (Lipinski definition) is 2. The Labute approximate surface area is 151 Å². The zero-order valence-electron chi connectivity index (χ0n) is 13.5. The minimum absolute atomic E-state index is 0.0261. The predicted octanol–water partition coefficient (Wildman–Crippen LogP) is 5.11. The highest BCUT2D eigenvalue weighted by molar-refractivity contribution is 6.30. The van der Waals surface area contributed by atoms with Crippen LogP contribution in [0.25, 0.3) is 0 Å². The minimum Gasteiger partial charge on any atom is -0.361 e. The van der Waals surface area contributed by atoms with E-state index in [9.17, 15) is 4.79 Å². The first-order valence-corrected chi connectivity index (χ1v) is 8.56. The molecule has 25 heavy (non-hydrogen) atoms. The predicted molar refractivity (Wildman–Crippen MR) is 101 cm³/mol. The number of benzene rings is 3. The highest BCUT2D eigenvalue weighted by Crippen LogP contribution is 2.34. The lowest BCUT2D eigenvalue weighted by molar-refractivity contribution is 0.0666. The van der Waals surface area contributed by atoms with Crippen LogP contribution in [0.15, 0.2) is 78.9 Å². The fourth-order valence-electron chi connectivity index (χ4n) is 3.14. The van der Waals surface area contributed by atoms with Crippen molar-refractivity contribution in [2.75, 3.05) is 5.32 Å². The van der Waals surface area contributed by atoms with Crippen molar-refractivity contribution >= 4 is 23.2 Å². The van der Waals surface area contributed by atoms with Crippen molar-refractivity contribution in [3.8, 4) is 0 Å². The quantitative estimate of drug-likeness (QED) is 0.713. The van der Waals surface area contributed by atoms with Crippen LogP contribution in [0, 0.1) is 0 Å². The molecule has 3 aromatic carbocycles. The zero-order valence-corrected chi connectivity index (χ0v) is 14.3. The Morgan fingerprint density at radius 2 is 1.56 bits per heavy atom. The summed E-state index contributed by atoms with van der Waals surface area (Å²) in [4.78, 5) is 15.0. The molecule has 0 fully saturated rings. The number of anilines is 1. The summed E-state index contributed by atoms with van der Waals surface area (Å²) in [7, 11) is 0. The van der Waals surface area contributed by atoms with Crippen molar-refractivity contribution in [3.05, 3.63) is 101 Å². The smallest absolute Gasteiger partial charge is 0.258 e. The molecule has 4 rings (SSSR count). The zero-order chi connectivity index (χ0) is 17.2. The number of fused-ring (bicyclic) bond motifs is 1. The molecule has 0 bridgehead atoms. The Kier molecular flexibility index (Phi) is 4.16. The van der Waals surface area contributed by atoms with Crippen LogP contribution in [-0.4, -0.2) is 10.8 Å². The molecule has 1 atom stereocenters. The van der Waals surface area contributed by atoms with E-state index < -0.39 is 0 Å². The summed E-state index contributed by atoms with van der Waals surface area (Å²) in [5.41, 5.74) is 3.66. The van der Waals surface area contributed by atoms with Gasteiger partial charge in [-0.15, -0.1) is 0 Å². The van der Waals surface area contributed by atoms with Crippen LogP contribution in [0.1, 0.15) is 27.7 Å². The molecular formula is C21H17ClN2O. The van der Waals surface area contributed by atoms with Crippen molar-refractivity contribution in [2.45, 2.75) is 12.7 Å². The molecule has 0 unspecified atom stereocenters. The average molecular weight is 349 g/mol. The summed E-state index contributed by atoms with van der Waals surface area (Å²) in [5.74, 6) is 0.0261. The van der Waals surface area contributed by atoms with E-state index in [1.165, 1.54) is 0 Å². The molecule has 0 saturated heterocycles. The molecule has 3 aromatic rings.